The topological polar surface area (TPSA) is 71.1 Å². The highest BCUT2D eigenvalue weighted by molar-refractivity contribution is 7.48. The van der Waals surface area contributed by atoms with Crippen LogP contribution in [0.2, 0.25) is 0 Å². The van der Waals surface area contributed by atoms with Gasteiger partial charge in [0.15, 0.2) is 0 Å². The zero-order valence-electron chi connectivity index (χ0n) is 14.2. The molecule has 21 heavy (non-hydrogen) atoms. The zero-order chi connectivity index (χ0) is 16.7. The summed E-state index contributed by atoms with van der Waals surface area (Å²) < 4.78 is 33.5. The van der Waals surface area contributed by atoms with Gasteiger partial charge >= 0.3 is 13.8 Å². The van der Waals surface area contributed by atoms with Crippen LogP contribution in [0, 0.1) is 0 Å². The molecule has 0 aliphatic carbocycles. The van der Waals surface area contributed by atoms with E-state index in [0.29, 0.717) is 19.3 Å². The van der Waals surface area contributed by atoms with E-state index < -0.39 is 19.0 Å². The van der Waals surface area contributed by atoms with Crippen molar-refractivity contribution in [1.82, 2.24) is 0 Å². The highest BCUT2D eigenvalue weighted by Crippen LogP contribution is 2.55. The number of hydrogen-bond donors (Lipinski definition) is 0. The van der Waals surface area contributed by atoms with E-state index in [2.05, 4.69) is 4.74 Å². The Morgan fingerprint density at radius 1 is 0.952 bits per heavy atom. The standard InChI is InChI=1S/C14H29O6P/c1-13(2,3)19-21(16,20-14(4,5)6)18-11-9-8-10-12(15)17-7/h8-11H2,1-7H3. The molecule has 0 aromatic carbocycles. The first-order valence-corrected chi connectivity index (χ1v) is 8.56. The third-order valence-electron chi connectivity index (χ3n) is 2.02. The minimum Gasteiger partial charge on any atom is -0.469 e. The van der Waals surface area contributed by atoms with E-state index in [0.717, 1.165) is 0 Å². The van der Waals surface area contributed by atoms with Crippen LogP contribution in [-0.2, 0) is 27.7 Å². The van der Waals surface area contributed by atoms with E-state index in [1.807, 2.05) is 0 Å². The fourth-order valence-corrected chi connectivity index (χ4v) is 3.23. The van der Waals surface area contributed by atoms with Gasteiger partial charge in [-0.2, -0.15) is 0 Å². The van der Waals surface area contributed by atoms with Crippen molar-refractivity contribution in [2.24, 2.45) is 0 Å². The number of ether oxygens (including phenoxy) is 1. The van der Waals surface area contributed by atoms with Gasteiger partial charge in [-0.25, -0.2) is 4.57 Å². The number of carbonyl (C=O) groups is 1. The number of unbranched alkanes of at least 4 members (excludes halogenated alkanes) is 1. The Balaban J connectivity index is 4.42. The summed E-state index contributed by atoms with van der Waals surface area (Å²) in [5.74, 6) is -0.268. The summed E-state index contributed by atoms with van der Waals surface area (Å²) in [5, 5.41) is 0. The molecular weight excluding hydrogens is 295 g/mol. The van der Waals surface area contributed by atoms with Crippen LogP contribution < -0.4 is 0 Å². The maximum Gasteiger partial charge on any atom is 0.475 e. The Morgan fingerprint density at radius 3 is 1.81 bits per heavy atom. The summed E-state index contributed by atoms with van der Waals surface area (Å²) in [5.41, 5.74) is -1.29. The van der Waals surface area contributed by atoms with Crippen molar-refractivity contribution in [2.75, 3.05) is 13.7 Å². The second-order valence-corrected chi connectivity index (χ2v) is 8.24. The lowest BCUT2D eigenvalue weighted by Crippen LogP contribution is -2.24. The summed E-state index contributed by atoms with van der Waals surface area (Å²) in [6.07, 6.45) is 1.47. The molecule has 0 amide bonds. The summed E-state index contributed by atoms with van der Waals surface area (Å²) >= 11 is 0. The van der Waals surface area contributed by atoms with Crippen LogP contribution >= 0.6 is 7.82 Å². The number of carbonyl (C=O) groups excluding carboxylic acids is 1. The predicted molar refractivity (Wildman–Crippen MR) is 81.1 cm³/mol. The fraction of sp³-hybridized carbons (Fsp3) is 0.929. The first-order valence-electron chi connectivity index (χ1n) is 7.10. The summed E-state index contributed by atoms with van der Waals surface area (Å²) in [7, 11) is -2.30. The Labute approximate surface area is 128 Å². The zero-order valence-corrected chi connectivity index (χ0v) is 15.1. The molecule has 0 N–H and O–H groups in total. The highest BCUT2D eigenvalue weighted by atomic mass is 31.2. The van der Waals surface area contributed by atoms with Crippen LogP contribution in [0.1, 0.15) is 60.8 Å². The molecule has 0 saturated heterocycles. The van der Waals surface area contributed by atoms with Gasteiger partial charge in [-0.1, -0.05) is 0 Å². The number of rotatable bonds is 8. The van der Waals surface area contributed by atoms with Crippen molar-refractivity contribution in [1.29, 1.82) is 0 Å². The maximum atomic E-state index is 12.6. The van der Waals surface area contributed by atoms with Crippen molar-refractivity contribution in [2.45, 2.75) is 72.0 Å². The molecule has 0 aromatic heterocycles. The molecule has 0 unspecified atom stereocenters. The molecule has 0 radical (unpaired) electrons. The molecule has 0 fully saturated rings. The summed E-state index contributed by atoms with van der Waals surface area (Å²) in [4.78, 5) is 11.0. The van der Waals surface area contributed by atoms with Gasteiger partial charge in [-0.3, -0.25) is 18.4 Å². The third-order valence-corrected chi connectivity index (χ3v) is 4.07. The largest absolute Gasteiger partial charge is 0.475 e. The lowest BCUT2D eigenvalue weighted by atomic mass is 10.2. The van der Waals surface area contributed by atoms with Gasteiger partial charge in [0.05, 0.1) is 24.9 Å². The van der Waals surface area contributed by atoms with Gasteiger partial charge in [0.25, 0.3) is 0 Å². The molecular formula is C14H29O6P. The van der Waals surface area contributed by atoms with Crippen LogP contribution in [0.5, 0.6) is 0 Å². The minimum atomic E-state index is -3.65. The van der Waals surface area contributed by atoms with Crippen LogP contribution in [0.3, 0.4) is 0 Å². The molecule has 6 nitrogen and oxygen atoms in total. The van der Waals surface area contributed by atoms with Crippen molar-refractivity contribution < 1.29 is 27.7 Å². The molecule has 7 heteroatoms. The second-order valence-electron chi connectivity index (χ2n) is 6.72. The monoisotopic (exact) mass is 324 g/mol. The number of hydrogen-bond acceptors (Lipinski definition) is 6. The molecule has 0 aliphatic heterocycles. The van der Waals surface area contributed by atoms with Gasteiger partial charge < -0.3 is 4.74 Å². The first kappa shape index (κ1) is 20.6. The Bertz CT molecular complexity index is 347. The lowest BCUT2D eigenvalue weighted by molar-refractivity contribution is -0.140. The smallest absolute Gasteiger partial charge is 0.469 e. The number of phosphoric acid groups is 1. The molecule has 0 bridgehead atoms. The molecule has 0 aliphatic rings. The van der Waals surface area contributed by atoms with E-state index in [-0.39, 0.29) is 12.6 Å². The lowest BCUT2D eigenvalue weighted by Gasteiger charge is -2.30. The number of methoxy groups -OCH3 is 1. The minimum absolute atomic E-state index is 0.195. The fourth-order valence-electron chi connectivity index (χ4n) is 1.39. The normalized spacial score (nSPS) is 13.3. The molecule has 0 heterocycles. The molecule has 126 valence electrons. The molecule has 0 aromatic rings. The number of esters is 1. The molecule has 0 saturated carbocycles. The predicted octanol–water partition coefficient (Wildman–Crippen LogP) is 4.08. The first-order chi connectivity index (χ1) is 9.37. The van der Waals surface area contributed by atoms with Gasteiger partial charge in [0.1, 0.15) is 0 Å². The van der Waals surface area contributed by atoms with Gasteiger partial charge in [0.2, 0.25) is 0 Å². The van der Waals surface area contributed by atoms with Gasteiger partial charge in [-0.15, -0.1) is 0 Å². The average Bonchev–Trinajstić information content (AvgIpc) is 2.22. The van der Waals surface area contributed by atoms with E-state index in [1.54, 1.807) is 41.5 Å². The maximum absolute atomic E-state index is 12.6. The molecule has 0 spiro atoms. The van der Waals surface area contributed by atoms with E-state index >= 15 is 0 Å². The SMILES string of the molecule is COC(=O)CCCCOP(=O)(OC(C)(C)C)OC(C)(C)C. The van der Waals surface area contributed by atoms with Crippen molar-refractivity contribution in [3.63, 3.8) is 0 Å². The van der Waals surface area contributed by atoms with Crippen molar-refractivity contribution >= 4 is 13.8 Å². The van der Waals surface area contributed by atoms with Crippen LogP contribution in [-0.4, -0.2) is 30.9 Å². The van der Waals surface area contributed by atoms with Crippen molar-refractivity contribution in [3.05, 3.63) is 0 Å². The summed E-state index contributed by atoms with van der Waals surface area (Å²) in [6, 6.07) is 0. The third kappa shape index (κ3) is 11.9. The molecule has 0 atom stereocenters. The quantitative estimate of drug-likeness (QED) is 0.380. The van der Waals surface area contributed by atoms with Crippen molar-refractivity contribution in [3.8, 4) is 0 Å². The average molecular weight is 324 g/mol. The second kappa shape index (κ2) is 8.28. The van der Waals surface area contributed by atoms with E-state index in [4.69, 9.17) is 13.6 Å². The van der Waals surface area contributed by atoms with Gasteiger partial charge in [-0.05, 0) is 54.4 Å². The Morgan fingerprint density at radius 2 is 1.43 bits per heavy atom. The molecule has 0 rings (SSSR count). The van der Waals surface area contributed by atoms with E-state index in [9.17, 15) is 9.36 Å². The summed E-state index contributed by atoms with van der Waals surface area (Å²) in [6.45, 7) is 10.9. The Hall–Kier alpha value is -0.420. The van der Waals surface area contributed by atoms with Gasteiger partial charge in [0, 0.05) is 6.42 Å². The van der Waals surface area contributed by atoms with Crippen LogP contribution in [0.25, 0.3) is 0 Å². The van der Waals surface area contributed by atoms with Crippen LogP contribution in [0.15, 0.2) is 0 Å². The highest BCUT2D eigenvalue weighted by Gasteiger charge is 2.36. The number of phosphoric ester groups is 1. The Kier molecular flexibility index (Phi) is 8.11. The van der Waals surface area contributed by atoms with Crippen LogP contribution in [0.4, 0.5) is 0 Å². The van der Waals surface area contributed by atoms with E-state index in [1.165, 1.54) is 7.11 Å².